The van der Waals surface area contributed by atoms with E-state index in [9.17, 15) is 9.59 Å². The Morgan fingerprint density at radius 3 is 2.70 bits per heavy atom. The SMILES string of the molecule is COc1ccc(Br)cc1NC(=O)N(C)CC(C)C(=O)O. The van der Waals surface area contributed by atoms with Gasteiger partial charge < -0.3 is 20.1 Å². The van der Waals surface area contributed by atoms with Crippen LogP contribution in [0.2, 0.25) is 0 Å². The smallest absolute Gasteiger partial charge is 0.321 e. The van der Waals surface area contributed by atoms with Crippen LogP contribution < -0.4 is 10.1 Å². The van der Waals surface area contributed by atoms with Crippen molar-refractivity contribution in [3.05, 3.63) is 22.7 Å². The quantitative estimate of drug-likeness (QED) is 0.860. The maximum atomic E-state index is 12.0. The zero-order chi connectivity index (χ0) is 15.3. The van der Waals surface area contributed by atoms with Crippen LogP contribution in [-0.4, -0.2) is 42.7 Å². The van der Waals surface area contributed by atoms with Gasteiger partial charge in [0.05, 0.1) is 18.7 Å². The largest absolute Gasteiger partial charge is 0.495 e. The number of hydrogen-bond acceptors (Lipinski definition) is 3. The van der Waals surface area contributed by atoms with Crippen molar-refractivity contribution >= 4 is 33.6 Å². The normalized spacial score (nSPS) is 11.6. The maximum Gasteiger partial charge on any atom is 0.321 e. The highest BCUT2D eigenvalue weighted by atomic mass is 79.9. The van der Waals surface area contributed by atoms with E-state index in [0.29, 0.717) is 11.4 Å². The van der Waals surface area contributed by atoms with Gasteiger partial charge in [0.1, 0.15) is 5.75 Å². The minimum Gasteiger partial charge on any atom is -0.495 e. The average molecular weight is 345 g/mol. The standard InChI is InChI=1S/C13H17BrN2O4/c1-8(12(17)18)7-16(2)13(19)15-10-6-9(14)4-5-11(10)20-3/h4-6,8H,7H2,1-3H3,(H,15,19)(H,17,18). The Bertz CT molecular complexity index is 507. The van der Waals surface area contributed by atoms with Gasteiger partial charge >= 0.3 is 12.0 Å². The van der Waals surface area contributed by atoms with Crippen LogP contribution in [0.4, 0.5) is 10.5 Å². The number of ether oxygens (including phenoxy) is 1. The van der Waals surface area contributed by atoms with Crippen LogP contribution in [0.3, 0.4) is 0 Å². The molecule has 0 aromatic heterocycles. The predicted molar refractivity (Wildman–Crippen MR) is 79.1 cm³/mol. The number of halogens is 1. The van der Waals surface area contributed by atoms with E-state index in [2.05, 4.69) is 21.2 Å². The van der Waals surface area contributed by atoms with Gasteiger partial charge in [0.15, 0.2) is 0 Å². The van der Waals surface area contributed by atoms with Crippen molar-refractivity contribution in [2.75, 3.05) is 26.0 Å². The molecule has 1 unspecified atom stereocenters. The Morgan fingerprint density at radius 2 is 2.15 bits per heavy atom. The molecule has 0 aliphatic carbocycles. The van der Waals surface area contributed by atoms with Crippen LogP contribution in [0.5, 0.6) is 5.75 Å². The minimum atomic E-state index is -0.940. The van der Waals surface area contributed by atoms with Crippen molar-refractivity contribution in [3.8, 4) is 5.75 Å². The van der Waals surface area contributed by atoms with Crippen LogP contribution in [0, 0.1) is 5.92 Å². The van der Waals surface area contributed by atoms with Crippen molar-refractivity contribution < 1.29 is 19.4 Å². The lowest BCUT2D eigenvalue weighted by Gasteiger charge is -2.20. The van der Waals surface area contributed by atoms with Crippen molar-refractivity contribution in [2.24, 2.45) is 5.92 Å². The summed E-state index contributed by atoms with van der Waals surface area (Å²) in [5.74, 6) is -1.04. The van der Waals surface area contributed by atoms with Crippen LogP contribution in [-0.2, 0) is 4.79 Å². The first-order valence-electron chi connectivity index (χ1n) is 5.93. The molecular formula is C13H17BrN2O4. The summed E-state index contributed by atoms with van der Waals surface area (Å²) in [5, 5.41) is 11.5. The van der Waals surface area contributed by atoms with Gasteiger partial charge in [-0.05, 0) is 18.2 Å². The molecule has 6 nitrogen and oxygen atoms in total. The number of carboxylic acid groups (broad SMARTS) is 1. The Balaban J connectivity index is 2.75. The van der Waals surface area contributed by atoms with E-state index < -0.39 is 17.9 Å². The molecule has 0 saturated carbocycles. The highest BCUT2D eigenvalue weighted by molar-refractivity contribution is 9.10. The molecule has 0 fully saturated rings. The zero-order valence-corrected chi connectivity index (χ0v) is 13.1. The van der Waals surface area contributed by atoms with E-state index in [4.69, 9.17) is 9.84 Å². The molecule has 0 aliphatic heterocycles. The molecule has 1 aromatic carbocycles. The number of nitrogens with one attached hydrogen (secondary N) is 1. The molecule has 0 bridgehead atoms. The monoisotopic (exact) mass is 344 g/mol. The minimum absolute atomic E-state index is 0.123. The van der Waals surface area contributed by atoms with E-state index in [0.717, 1.165) is 4.47 Å². The highest BCUT2D eigenvalue weighted by Gasteiger charge is 2.18. The summed E-state index contributed by atoms with van der Waals surface area (Å²) in [6.07, 6.45) is 0. The lowest BCUT2D eigenvalue weighted by atomic mass is 10.2. The first kappa shape index (κ1) is 16.3. The third kappa shape index (κ3) is 4.41. The lowest BCUT2D eigenvalue weighted by molar-refractivity contribution is -0.141. The molecule has 2 amide bonds. The fourth-order valence-electron chi connectivity index (χ4n) is 1.56. The Hall–Kier alpha value is -1.76. The summed E-state index contributed by atoms with van der Waals surface area (Å²) < 4.78 is 5.95. The Kier molecular flexibility index (Phi) is 5.82. The first-order chi connectivity index (χ1) is 9.35. The second-order valence-electron chi connectivity index (χ2n) is 4.39. The van der Waals surface area contributed by atoms with Crippen molar-refractivity contribution in [3.63, 3.8) is 0 Å². The lowest BCUT2D eigenvalue weighted by Crippen LogP contribution is -2.36. The van der Waals surface area contributed by atoms with E-state index in [1.165, 1.54) is 12.0 Å². The summed E-state index contributed by atoms with van der Waals surface area (Å²) in [6.45, 7) is 1.67. The molecule has 1 aromatic rings. The predicted octanol–water partition coefficient (Wildman–Crippen LogP) is 2.64. The fraction of sp³-hybridized carbons (Fsp3) is 0.385. The van der Waals surface area contributed by atoms with Gasteiger partial charge in [-0.15, -0.1) is 0 Å². The first-order valence-corrected chi connectivity index (χ1v) is 6.73. The Labute approximate surface area is 125 Å². The number of hydrogen-bond donors (Lipinski definition) is 2. The third-order valence-electron chi connectivity index (χ3n) is 2.72. The van der Waals surface area contributed by atoms with Gasteiger partial charge in [0.2, 0.25) is 0 Å². The molecule has 0 heterocycles. The van der Waals surface area contributed by atoms with E-state index in [1.807, 2.05) is 0 Å². The van der Waals surface area contributed by atoms with Crippen LogP contribution >= 0.6 is 15.9 Å². The summed E-state index contributed by atoms with van der Waals surface area (Å²) in [4.78, 5) is 24.1. The molecule has 1 atom stereocenters. The molecule has 1 rings (SSSR count). The van der Waals surface area contributed by atoms with Gasteiger partial charge in [-0.2, -0.15) is 0 Å². The maximum absolute atomic E-state index is 12.0. The van der Waals surface area contributed by atoms with E-state index >= 15 is 0 Å². The molecule has 20 heavy (non-hydrogen) atoms. The molecule has 0 radical (unpaired) electrons. The number of anilines is 1. The molecule has 7 heteroatoms. The number of carboxylic acids is 1. The Morgan fingerprint density at radius 1 is 1.50 bits per heavy atom. The second kappa shape index (κ2) is 7.14. The summed E-state index contributed by atoms with van der Waals surface area (Å²) in [7, 11) is 3.05. The van der Waals surface area contributed by atoms with Crippen LogP contribution in [0.1, 0.15) is 6.92 Å². The van der Waals surface area contributed by atoms with E-state index in [-0.39, 0.29) is 6.54 Å². The van der Waals surface area contributed by atoms with Gasteiger partial charge in [-0.3, -0.25) is 4.79 Å². The van der Waals surface area contributed by atoms with Gasteiger partial charge in [-0.25, -0.2) is 4.79 Å². The topological polar surface area (TPSA) is 78.9 Å². The third-order valence-corrected chi connectivity index (χ3v) is 3.21. The molecule has 0 saturated heterocycles. The summed E-state index contributed by atoms with van der Waals surface area (Å²) in [6, 6.07) is 4.84. The summed E-state index contributed by atoms with van der Waals surface area (Å²) >= 11 is 3.31. The zero-order valence-electron chi connectivity index (χ0n) is 11.5. The van der Waals surface area contributed by atoms with E-state index in [1.54, 1.807) is 32.2 Å². The summed E-state index contributed by atoms with van der Waals surface area (Å²) in [5.41, 5.74) is 0.515. The van der Waals surface area contributed by atoms with Crippen LogP contribution in [0.25, 0.3) is 0 Å². The molecule has 0 aliphatic rings. The number of urea groups is 1. The number of amides is 2. The van der Waals surface area contributed by atoms with Gasteiger partial charge in [0.25, 0.3) is 0 Å². The van der Waals surface area contributed by atoms with Crippen molar-refractivity contribution in [1.29, 1.82) is 0 Å². The van der Waals surface area contributed by atoms with Crippen molar-refractivity contribution in [1.82, 2.24) is 4.90 Å². The highest BCUT2D eigenvalue weighted by Crippen LogP contribution is 2.28. The van der Waals surface area contributed by atoms with Gasteiger partial charge in [-0.1, -0.05) is 22.9 Å². The molecule has 110 valence electrons. The number of nitrogens with zero attached hydrogens (tertiary/aromatic N) is 1. The number of methoxy groups -OCH3 is 1. The second-order valence-corrected chi connectivity index (χ2v) is 5.31. The molecule has 0 spiro atoms. The number of carbonyl (C=O) groups is 2. The fourth-order valence-corrected chi connectivity index (χ4v) is 1.92. The average Bonchev–Trinajstić information content (AvgIpc) is 2.38. The number of rotatable bonds is 5. The van der Waals surface area contributed by atoms with Crippen LogP contribution in [0.15, 0.2) is 22.7 Å². The van der Waals surface area contributed by atoms with Crippen molar-refractivity contribution in [2.45, 2.75) is 6.92 Å². The van der Waals surface area contributed by atoms with Gasteiger partial charge in [0, 0.05) is 18.1 Å². The molecule has 2 N–H and O–H groups in total. The molecular weight excluding hydrogens is 328 g/mol. The number of aliphatic carboxylic acids is 1. The number of benzene rings is 1. The number of carbonyl (C=O) groups excluding carboxylic acids is 1.